The summed E-state index contributed by atoms with van der Waals surface area (Å²) in [5.41, 5.74) is 19.5. The van der Waals surface area contributed by atoms with Gasteiger partial charge in [0.15, 0.2) is 12.3 Å². The van der Waals surface area contributed by atoms with Crippen molar-refractivity contribution in [2.45, 2.75) is 105 Å². The van der Waals surface area contributed by atoms with Gasteiger partial charge in [0.05, 0.1) is 6.42 Å². The molecular weight excluding hydrogens is 607 g/mol. The fraction of sp³-hybridized carbons (Fsp3) is 1.00. The van der Waals surface area contributed by atoms with Crippen LogP contribution in [0.15, 0.2) is 0 Å². The average Bonchev–Trinajstić information content (AvgIpc) is 2.76. The van der Waals surface area contributed by atoms with Gasteiger partial charge in [-0.15, -0.1) is 0 Å². The Balaban J connectivity index is -0.00000231. The molecule has 0 aromatic carbocycles. The molecule has 37 heavy (non-hydrogen) atoms. The number of hydrogen-bond acceptors (Lipinski definition) is 9. The van der Waals surface area contributed by atoms with Crippen LogP contribution in [-0.2, 0) is 18.9 Å². The summed E-state index contributed by atoms with van der Waals surface area (Å²) in [6, 6.07) is -2.17. The van der Waals surface area contributed by atoms with Gasteiger partial charge in [-0.05, 0) is 6.92 Å². The van der Waals surface area contributed by atoms with E-state index in [1.54, 1.807) is 6.92 Å². The van der Waals surface area contributed by atoms with Crippen LogP contribution in [0.1, 0.15) is 13.3 Å². The molecule has 19 heteroatoms. The molecule has 228 valence electrons. The first-order valence-corrected chi connectivity index (χ1v) is 11.1. The molecule has 3 fully saturated rings. The Morgan fingerprint density at radius 2 is 1.16 bits per heavy atom. The molecule has 2 heterocycles. The quantitative estimate of drug-likeness (QED) is 0.135. The normalized spacial score (nSPS) is 47.6. The highest BCUT2D eigenvalue weighted by Gasteiger charge is 2.54. The van der Waals surface area contributed by atoms with Crippen LogP contribution in [0.25, 0.3) is 0 Å². The number of hydrogen-bond donors (Lipinski definition) is 10. The summed E-state index contributed by atoms with van der Waals surface area (Å²) in [5.74, 6) is 0. The third-order valence-corrected chi connectivity index (χ3v) is 6.93. The number of ether oxygens (including phenoxy) is 4. The van der Waals surface area contributed by atoms with Crippen molar-refractivity contribution in [3.05, 3.63) is 0 Å². The van der Waals surface area contributed by atoms with Crippen molar-refractivity contribution in [1.29, 1.82) is 0 Å². The van der Waals surface area contributed by atoms with E-state index in [-0.39, 0.29) is 74.6 Å². The second kappa shape index (κ2) is 17.6. The smallest absolute Gasteiger partial charge is 0.214 e. The molecule has 0 bridgehead atoms. The van der Waals surface area contributed by atoms with E-state index in [1.165, 1.54) is 0 Å². The van der Waals surface area contributed by atoms with Crippen LogP contribution in [-0.4, -0.2) is 124 Å². The van der Waals surface area contributed by atoms with E-state index in [9.17, 15) is 25.5 Å². The zero-order chi connectivity index (χ0) is 23.9. The summed E-state index contributed by atoms with van der Waals surface area (Å²) < 4.78 is 23.6. The van der Waals surface area contributed by atoms with Crippen molar-refractivity contribution < 1.29 is 135 Å². The Kier molecular flexibility index (Phi) is 20.2. The van der Waals surface area contributed by atoms with Crippen molar-refractivity contribution in [2.24, 2.45) is 0 Å². The predicted octanol–water partition coefficient (Wildman–Crippen LogP) is -24.9. The van der Waals surface area contributed by atoms with Crippen LogP contribution < -0.4 is 90.7 Å². The molecule has 2 saturated heterocycles. The van der Waals surface area contributed by atoms with E-state index in [4.69, 9.17) is 18.9 Å². The molecule has 3 rings (SSSR count). The maximum atomic E-state index is 10.9. The number of rotatable bonds is 5. The molecule has 0 unspecified atom stereocenters. The van der Waals surface area contributed by atoms with Crippen molar-refractivity contribution in [3.63, 3.8) is 0 Å². The van der Waals surface area contributed by atoms with Gasteiger partial charge in [0.1, 0.15) is 79.6 Å². The number of aliphatic hydroxyl groups excluding tert-OH is 5. The summed E-state index contributed by atoms with van der Waals surface area (Å²) in [4.78, 5) is 0. The van der Waals surface area contributed by atoms with Crippen LogP contribution in [0, 0.1) is 0 Å². The molecule has 0 radical (unpaired) electrons. The molecular formula is C18H42Cl5N5O9. The minimum atomic E-state index is -1.38. The minimum Gasteiger partial charge on any atom is -1.00 e. The van der Waals surface area contributed by atoms with Gasteiger partial charge < -0.3 is 135 Å². The van der Waals surface area contributed by atoms with Crippen LogP contribution >= 0.6 is 0 Å². The molecule has 0 aromatic rings. The summed E-state index contributed by atoms with van der Waals surface area (Å²) in [7, 11) is 0. The standard InChI is InChI=1S/C18H37N5O9.5ClH/c1-4-8(22)12(26)14(28)18(29-4)32-16-10(24)5(20)2-6(21)15(16)31-17-9(23)13(27)11(25)7(3-19)30-17;;;;;/h4-18,24-28H,2-3,19-23H2,1H3;5*1H/t4-,5-,6+,7-,8+,9-,10+,11-,12+,13-,14-,15-,16-,17-,18+;;;;;/m1...../s1. The van der Waals surface area contributed by atoms with Gasteiger partial charge in [0, 0.05) is 0 Å². The maximum Gasteiger partial charge on any atom is 0.214 e. The highest BCUT2D eigenvalue weighted by Crippen LogP contribution is 2.30. The zero-order valence-corrected chi connectivity index (χ0v) is 24.1. The largest absolute Gasteiger partial charge is 1.00 e. The van der Waals surface area contributed by atoms with E-state index in [1.807, 2.05) is 0 Å². The van der Waals surface area contributed by atoms with Gasteiger partial charge in [-0.25, -0.2) is 0 Å². The lowest BCUT2D eigenvalue weighted by Crippen LogP contribution is -3.00. The molecule has 3 aliphatic rings. The number of aliphatic hydroxyl groups is 5. The molecule has 2 aliphatic heterocycles. The lowest BCUT2D eigenvalue weighted by Gasteiger charge is -2.45. The Morgan fingerprint density at radius 3 is 1.70 bits per heavy atom. The van der Waals surface area contributed by atoms with Gasteiger partial charge in [-0.3, -0.25) is 0 Å². The average molecular weight is 650 g/mol. The van der Waals surface area contributed by atoms with Crippen LogP contribution in [0.4, 0.5) is 0 Å². The summed E-state index contributed by atoms with van der Waals surface area (Å²) in [6.45, 7) is 1.91. The van der Waals surface area contributed by atoms with Crippen LogP contribution in [0.3, 0.4) is 0 Å². The van der Waals surface area contributed by atoms with E-state index < -0.39 is 85.6 Å². The van der Waals surface area contributed by atoms with Crippen LogP contribution in [0.2, 0.25) is 0 Å². The minimum absolute atomic E-state index is 0. The monoisotopic (exact) mass is 647 g/mol. The predicted molar refractivity (Wildman–Crippen MR) is 102 cm³/mol. The highest BCUT2D eigenvalue weighted by atomic mass is 35.5. The van der Waals surface area contributed by atoms with Gasteiger partial charge in [-0.2, -0.15) is 0 Å². The molecule has 1 saturated carbocycles. The van der Waals surface area contributed by atoms with E-state index in [2.05, 4.69) is 28.7 Å². The van der Waals surface area contributed by atoms with E-state index in [0.717, 1.165) is 0 Å². The third kappa shape index (κ3) is 8.94. The first-order chi connectivity index (χ1) is 15.0. The summed E-state index contributed by atoms with van der Waals surface area (Å²) in [6.07, 6.45) is -10.9. The lowest BCUT2D eigenvalue weighted by atomic mass is 9.84. The third-order valence-electron chi connectivity index (χ3n) is 6.93. The summed E-state index contributed by atoms with van der Waals surface area (Å²) in [5, 5.41) is 52.1. The number of quaternary nitrogens is 5. The Hall–Kier alpha value is 0.890. The van der Waals surface area contributed by atoms with Gasteiger partial charge in [0.2, 0.25) is 6.29 Å². The lowest BCUT2D eigenvalue weighted by molar-refractivity contribution is -0.539. The van der Waals surface area contributed by atoms with E-state index >= 15 is 0 Å². The fourth-order valence-electron chi connectivity index (χ4n) is 4.61. The zero-order valence-electron chi connectivity index (χ0n) is 20.4. The van der Waals surface area contributed by atoms with E-state index in [0.29, 0.717) is 6.42 Å². The van der Waals surface area contributed by atoms with Crippen molar-refractivity contribution in [1.82, 2.24) is 0 Å². The maximum absolute atomic E-state index is 10.9. The molecule has 15 atom stereocenters. The second-order valence-electron chi connectivity index (χ2n) is 9.28. The Labute approximate surface area is 246 Å². The van der Waals surface area contributed by atoms with Gasteiger partial charge in [-0.1, -0.05) is 0 Å². The topological polar surface area (TPSA) is 276 Å². The van der Waals surface area contributed by atoms with Gasteiger partial charge >= 0.3 is 0 Å². The van der Waals surface area contributed by atoms with Crippen molar-refractivity contribution in [2.75, 3.05) is 6.54 Å². The van der Waals surface area contributed by atoms with Crippen LogP contribution in [0.5, 0.6) is 0 Å². The summed E-state index contributed by atoms with van der Waals surface area (Å²) >= 11 is 0. The second-order valence-corrected chi connectivity index (χ2v) is 9.28. The highest BCUT2D eigenvalue weighted by molar-refractivity contribution is 4.97. The Morgan fingerprint density at radius 1 is 0.649 bits per heavy atom. The van der Waals surface area contributed by atoms with Crippen molar-refractivity contribution >= 4 is 0 Å². The SMILES string of the molecule is C[C@H]1O[C@@H](O[C@@H]2[C@@H](O)[C@H]([NH3+])C[C@H]([NH3+])[C@H]2O[C@H]2O[C@H](C[NH3+])[C@@H](O)[C@H](O)[C@H]2[NH3+])[C@H](O)[C@@H](O)[C@H]1[NH3+].[Cl-].[Cl-].[Cl-].[Cl-].[Cl-]. The van der Waals surface area contributed by atoms with Gasteiger partial charge in [0.25, 0.3) is 0 Å². The number of halogens is 5. The molecule has 14 nitrogen and oxygen atoms in total. The molecule has 0 spiro atoms. The molecule has 20 N–H and O–H groups in total. The van der Waals surface area contributed by atoms with Crippen molar-refractivity contribution in [3.8, 4) is 0 Å². The molecule has 0 amide bonds. The molecule has 1 aliphatic carbocycles. The fourth-order valence-corrected chi connectivity index (χ4v) is 4.61. The first-order valence-electron chi connectivity index (χ1n) is 11.1. The Bertz CT molecular complexity index is 643. The first kappa shape index (κ1) is 42.4. The molecule has 0 aromatic heterocycles.